The average Bonchev–Trinajstić information content (AvgIpc) is 3.73. The second-order valence-electron chi connectivity index (χ2n) is 10.3. The van der Waals surface area contributed by atoms with Gasteiger partial charge in [0.1, 0.15) is 0 Å². The van der Waals surface area contributed by atoms with Crippen molar-refractivity contribution < 1.29 is 14.3 Å². The molecule has 2 aliphatic rings. The van der Waals surface area contributed by atoms with Gasteiger partial charge in [-0.05, 0) is 38.2 Å². The van der Waals surface area contributed by atoms with E-state index in [9.17, 15) is 9.59 Å². The van der Waals surface area contributed by atoms with Crippen LogP contribution in [0.15, 0.2) is 43.2 Å². The van der Waals surface area contributed by atoms with Gasteiger partial charge in [-0.15, -0.1) is 0 Å². The van der Waals surface area contributed by atoms with Crippen LogP contribution in [0.3, 0.4) is 0 Å². The van der Waals surface area contributed by atoms with Gasteiger partial charge < -0.3 is 15.4 Å². The van der Waals surface area contributed by atoms with Gasteiger partial charge in [0.15, 0.2) is 0 Å². The monoisotopic (exact) mass is 529 g/mol. The predicted octanol–water partition coefficient (Wildman–Crippen LogP) is 2.62. The molecule has 1 aliphatic heterocycles. The normalized spacial score (nSPS) is 18.6. The number of anilines is 2. The Labute approximate surface area is 225 Å². The molecule has 1 saturated heterocycles. The molecule has 4 aromatic rings. The smallest absolute Gasteiger partial charge is 0.259 e. The number of ether oxygens (including phenoxy) is 1. The number of piperidine rings is 1. The van der Waals surface area contributed by atoms with Gasteiger partial charge in [-0.25, -0.2) is 4.52 Å². The Hall–Kier alpha value is -4.16. The summed E-state index contributed by atoms with van der Waals surface area (Å²) in [7, 11) is 1.65. The van der Waals surface area contributed by atoms with Gasteiger partial charge in [0.25, 0.3) is 5.91 Å². The summed E-state index contributed by atoms with van der Waals surface area (Å²) in [6.07, 6.45) is 13.8. The molecule has 0 radical (unpaired) electrons. The number of amides is 2. The zero-order valence-electron chi connectivity index (χ0n) is 22.0. The second-order valence-corrected chi connectivity index (χ2v) is 10.3. The minimum Gasteiger partial charge on any atom is -0.383 e. The molecule has 1 saturated carbocycles. The minimum atomic E-state index is -0.339. The average molecular weight is 530 g/mol. The largest absolute Gasteiger partial charge is 0.383 e. The van der Waals surface area contributed by atoms with Crippen LogP contribution < -0.4 is 10.6 Å². The Kier molecular flexibility index (Phi) is 6.79. The molecule has 39 heavy (non-hydrogen) atoms. The third kappa shape index (κ3) is 5.25. The highest BCUT2D eigenvalue weighted by Gasteiger charge is 2.38. The second kappa shape index (κ2) is 10.5. The number of carbonyl (C=O) groups excluding carboxylic acids is 2. The zero-order chi connectivity index (χ0) is 26.9. The van der Waals surface area contributed by atoms with Crippen molar-refractivity contribution in [1.29, 1.82) is 0 Å². The summed E-state index contributed by atoms with van der Waals surface area (Å²) in [5.41, 5.74) is 4.17. The van der Waals surface area contributed by atoms with Crippen LogP contribution in [-0.2, 0) is 16.1 Å². The van der Waals surface area contributed by atoms with E-state index < -0.39 is 0 Å². The van der Waals surface area contributed by atoms with Crippen LogP contribution in [0.2, 0.25) is 0 Å². The highest BCUT2D eigenvalue weighted by molar-refractivity contribution is 6.09. The first-order valence-electron chi connectivity index (χ1n) is 13.1. The maximum atomic E-state index is 13.2. The van der Waals surface area contributed by atoms with Crippen LogP contribution in [0.25, 0.3) is 16.8 Å². The molecule has 202 valence electrons. The highest BCUT2D eigenvalue weighted by Crippen LogP contribution is 2.37. The van der Waals surface area contributed by atoms with Gasteiger partial charge in [0.2, 0.25) is 5.91 Å². The molecule has 2 bridgehead atoms. The Balaban J connectivity index is 1.13. The van der Waals surface area contributed by atoms with E-state index in [1.165, 1.54) is 25.5 Å². The molecular weight excluding hydrogens is 498 g/mol. The molecule has 12 nitrogen and oxygen atoms in total. The van der Waals surface area contributed by atoms with E-state index in [0.29, 0.717) is 59.6 Å². The first-order chi connectivity index (χ1) is 19.0. The maximum Gasteiger partial charge on any atom is 0.259 e. The molecule has 2 amide bonds. The van der Waals surface area contributed by atoms with Crippen LogP contribution >= 0.6 is 0 Å². The molecule has 6 rings (SSSR count). The Bertz CT molecular complexity index is 1530. The maximum absolute atomic E-state index is 13.2. The molecular formula is C27H31N9O3. The lowest BCUT2D eigenvalue weighted by molar-refractivity contribution is -0.117. The van der Waals surface area contributed by atoms with Gasteiger partial charge in [0, 0.05) is 31.5 Å². The Morgan fingerprint density at radius 2 is 1.97 bits per heavy atom. The highest BCUT2D eigenvalue weighted by atomic mass is 16.5. The summed E-state index contributed by atoms with van der Waals surface area (Å²) in [5.74, 6) is 0.324. The predicted molar refractivity (Wildman–Crippen MR) is 144 cm³/mol. The number of aromatic nitrogens is 6. The fourth-order valence-corrected chi connectivity index (χ4v) is 5.53. The number of hydrogen-bond acceptors (Lipinski definition) is 8. The van der Waals surface area contributed by atoms with Crippen LogP contribution in [0.5, 0.6) is 0 Å². The summed E-state index contributed by atoms with van der Waals surface area (Å²) < 4.78 is 8.51. The van der Waals surface area contributed by atoms with Gasteiger partial charge in [-0.2, -0.15) is 10.2 Å². The quantitative estimate of drug-likeness (QED) is 0.338. The van der Waals surface area contributed by atoms with E-state index in [1.807, 2.05) is 6.20 Å². The molecule has 1 aliphatic carbocycles. The summed E-state index contributed by atoms with van der Waals surface area (Å²) >= 11 is 0. The summed E-state index contributed by atoms with van der Waals surface area (Å²) in [6, 6.07) is 2.26. The first kappa shape index (κ1) is 25.1. The number of methoxy groups -OCH3 is 1. The number of nitrogens with one attached hydrogen (secondary N) is 2. The van der Waals surface area contributed by atoms with Gasteiger partial charge in [-0.1, -0.05) is 0 Å². The van der Waals surface area contributed by atoms with E-state index in [0.717, 1.165) is 18.0 Å². The van der Waals surface area contributed by atoms with Crippen molar-refractivity contribution in [2.24, 2.45) is 5.92 Å². The lowest BCUT2D eigenvalue weighted by atomic mass is 10.1. The van der Waals surface area contributed by atoms with E-state index in [-0.39, 0.29) is 11.8 Å². The molecule has 0 spiro atoms. The third-order valence-electron chi connectivity index (χ3n) is 7.59. The van der Waals surface area contributed by atoms with Gasteiger partial charge in [0.05, 0.1) is 84.5 Å². The van der Waals surface area contributed by atoms with E-state index >= 15 is 0 Å². The number of hydrogen-bond donors (Lipinski definition) is 2. The third-order valence-corrected chi connectivity index (χ3v) is 7.59. The van der Waals surface area contributed by atoms with Gasteiger partial charge >= 0.3 is 0 Å². The van der Waals surface area contributed by atoms with Crippen molar-refractivity contribution in [1.82, 2.24) is 34.3 Å². The molecule has 5 heterocycles. The van der Waals surface area contributed by atoms with E-state index in [1.54, 1.807) is 54.1 Å². The fraction of sp³-hybridized carbons (Fsp3) is 0.407. The number of fused-ring (bicyclic) bond motifs is 3. The SMILES string of the molecule is COCCn1cc(-c2cn3ncc(C(=O)Nc4cc(NC(=O)CN5C[C@H]6CC[C@@H]5C6)cnc4C)c3cn2)cn1. The lowest BCUT2D eigenvalue weighted by Crippen LogP contribution is -2.38. The van der Waals surface area contributed by atoms with Gasteiger partial charge in [-0.3, -0.25) is 29.1 Å². The first-order valence-corrected chi connectivity index (χ1v) is 13.1. The van der Waals surface area contributed by atoms with Crippen LogP contribution in [-0.4, -0.2) is 78.9 Å². The number of likely N-dealkylation sites (tertiary alicyclic amines) is 1. The van der Waals surface area contributed by atoms with Crippen LogP contribution in [0.1, 0.15) is 35.3 Å². The molecule has 2 fully saturated rings. The number of pyridine rings is 1. The number of carbonyl (C=O) groups is 2. The van der Waals surface area contributed by atoms with Crippen molar-refractivity contribution in [2.45, 2.75) is 38.8 Å². The van der Waals surface area contributed by atoms with Crippen molar-refractivity contribution >= 4 is 28.7 Å². The van der Waals surface area contributed by atoms with Crippen molar-refractivity contribution in [3.05, 3.63) is 54.5 Å². The molecule has 2 N–H and O–H groups in total. The topological polar surface area (TPSA) is 132 Å². The molecule has 2 atom stereocenters. The van der Waals surface area contributed by atoms with Crippen LogP contribution in [0.4, 0.5) is 11.4 Å². The Morgan fingerprint density at radius 3 is 2.77 bits per heavy atom. The van der Waals surface area contributed by atoms with Crippen molar-refractivity contribution in [3.63, 3.8) is 0 Å². The van der Waals surface area contributed by atoms with E-state index in [2.05, 4.69) is 35.7 Å². The zero-order valence-corrected chi connectivity index (χ0v) is 22.0. The molecule has 0 aromatic carbocycles. The number of nitrogens with zero attached hydrogens (tertiary/aromatic N) is 7. The molecule has 12 heteroatoms. The summed E-state index contributed by atoms with van der Waals surface area (Å²) in [5, 5.41) is 14.5. The van der Waals surface area contributed by atoms with Crippen molar-refractivity contribution in [3.8, 4) is 11.3 Å². The summed E-state index contributed by atoms with van der Waals surface area (Å²) in [6.45, 7) is 4.39. The van der Waals surface area contributed by atoms with Crippen LogP contribution in [0, 0.1) is 12.8 Å². The molecule has 0 unspecified atom stereocenters. The minimum absolute atomic E-state index is 0.0702. The molecule has 4 aromatic heterocycles. The lowest BCUT2D eigenvalue weighted by Gasteiger charge is -2.25. The van der Waals surface area contributed by atoms with Crippen molar-refractivity contribution in [2.75, 3.05) is 37.4 Å². The Morgan fingerprint density at radius 1 is 1.08 bits per heavy atom. The standard InChI is InChI=1S/C27H31N9O3/c1-17-23(8-20(10-28-17)32-26(37)16-34-13-18-3-4-21(34)7-18)33-27(38)22-11-31-36-15-24(29-12-25(22)36)19-9-30-35(14-19)5-6-39-2/h8-12,14-15,18,21H,3-7,13,16H2,1-2H3,(H,32,37)(H,33,38)/t18-,21+/m0/s1. The number of rotatable bonds is 9. The fourth-order valence-electron chi connectivity index (χ4n) is 5.53. The van der Waals surface area contributed by atoms with E-state index in [4.69, 9.17) is 4.74 Å². The summed E-state index contributed by atoms with van der Waals surface area (Å²) in [4.78, 5) is 37.0. The number of aryl methyl sites for hydroxylation is 1.